The summed E-state index contributed by atoms with van der Waals surface area (Å²) in [4.78, 5) is 39.9. The van der Waals surface area contributed by atoms with E-state index in [1.807, 2.05) is 18.7 Å². The Labute approximate surface area is 165 Å². The van der Waals surface area contributed by atoms with Crippen molar-refractivity contribution < 1.29 is 29.7 Å². The Bertz CT molecular complexity index is 546. The quantitative estimate of drug-likeness (QED) is 0.313. The average molecular weight is 402 g/mol. The van der Waals surface area contributed by atoms with Crippen LogP contribution in [-0.2, 0) is 14.4 Å². The van der Waals surface area contributed by atoms with Crippen LogP contribution in [0, 0.1) is 0 Å². The summed E-state index contributed by atoms with van der Waals surface area (Å²) in [6, 6.07) is -0.709. The average Bonchev–Trinajstić information content (AvgIpc) is 2.75. The third-order valence-electron chi connectivity index (χ3n) is 5.30. The van der Waals surface area contributed by atoms with Crippen molar-refractivity contribution in [2.24, 2.45) is 5.73 Å². The van der Waals surface area contributed by atoms with Crippen LogP contribution in [0.25, 0.3) is 0 Å². The maximum absolute atomic E-state index is 11.9. The number of unbranched alkanes of at least 4 members (excludes halogenated alkanes) is 1. The first kappa shape index (κ1) is 24.3. The minimum absolute atomic E-state index is 0.168. The lowest BCUT2D eigenvalue weighted by molar-refractivity contribution is -0.145. The van der Waals surface area contributed by atoms with Crippen molar-refractivity contribution in [1.82, 2.24) is 14.7 Å². The van der Waals surface area contributed by atoms with Gasteiger partial charge < -0.3 is 21.1 Å². The van der Waals surface area contributed by atoms with Gasteiger partial charge in [0, 0.05) is 31.7 Å². The first-order valence-corrected chi connectivity index (χ1v) is 9.71. The van der Waals surface area contributed by atoms with Crippen molar-refractivity contribution in [2.75, 3.05) is 52.4 Å². The monoisotopic (exact) mass is 402 g/mol. The molecule has 5 N–H and O–H groups in total. The fraction of sp³-hybridized carbons (Fsp3) is 0.833. The van der Waals surface area contributed by atoms with Crippen LogP contribution < -0.4 is 5.73 Å². The zero-order chi connectivity index (χ0) is 21.3. The summed E-state index contributed by atoms with van der Waals surface area (Å²) in [5, 5.41) is 28.2. The van der Waals surface area contributed by atoms with Gasteiger partial charge in [0.2, 0.25) is 0 Å². The third-order valence-corrected chi connectivity index (χ3v) is 5.30. The van der Waals surface area contributed by atoms with E-state index in [9.17, 15) is 29.7 Å². The van der Waals surface area contributed by atoms with Gasteiger partial charge in [-0.15, -0.1) is 0 Å². The number of likely N-dealkylation sites (N-methyl/N-ethyl adjacent to an activating group) is 1. The smallest absolute Gasteiger partial charge is 0.320 e. The molecule has 1 unspecified atom stereocenters. The summed E-state index contributed by atoms with van der Waals surface area (Å²) >= 11 is 0. The van der Waals surface area contributed by atoms with Gasteiger partial charge in [0.05, 0.1) is 13.1 Å². The number of carbonyl (C=O) groups is 3. The predicted octanol–water partition coefficient (Wildman–Crippen LogP) is -0.564. The number of nitrogens with zero attached hydrogens (tertiary/aromatic N) is 3. The maximum atomic E-state index is 11.9. The van der Waals surface area contributed by atoms with E-state index in [0.717, 1.165) is 6.42 Å². The topological polar surface area (TPSA) is 148 Å². The highest BCUT2D eigenvalue weighted by atomic mass is 16.4. The number of rotatable bonds is 12. The maximum Gasteiger partial charge on any atom is 0.320 e. The molecule has 1 aliphatic heterocycles. The number of carboxylic acid groups (broad SMARTS) is 3. The van der Waals surface area contributed by atoms with Gasteiger partial charge >= 0.3 is 17.9 Å². The molecule has 0 saturated carbocycles. The van der Waals surface area contributed by atoms with Gasteiger partial charge in [0.15, 0.2) is 0 Å². The molecule has 1 saturated heterocycles. The first-order valence-electron chi connectivity index (χ1n) is 9.71. The molecule has 0 radical (unpaired) electrons. The highest BCUT2D eigenvalue weighted by molar-refractivity contribution is 5.73. The summed E-state index contributed by atoms with van der Waals surface area (Å²) in [5.74, 6) is -2.86. The molecule has 0 spiro atoms. The van der Waals surface area contributed by atoms with E-state index in [4.69, 9.17) is 5.73 Å². The highest BCUT2D eigenvalue weighted by Gasteiger charge is 2.41. The molecule has 10 heteroatoms. The van der Waals surface area contributed by atoms with Crippen molar-refractivity contribution >= 4 is 17.9 Å². The van der Waals surface area contributed by atoms with Gasteiger partial charge in [-0.05, 0) is 32.9 Å². The number of hydrogen-bond acceptors (Lipinski definition) is 7. The van der Waals surface area contributed by atoms with E-state index in [0.29, 0.717) is 52.1 Å². The molecule has 0 aromatic heterocycles. The summed E-state index contributed by atoms with van der Waals surface area (Å²) < 4.78 is 0. The second-order valence-electron chi connectivity index (χ2n) is 7.62. The van der Waals surface area contributed by atoms with Gasteiger partial charge in [0.25, 0.3) is 0 Å². The molecule has 0 aromatic carbocycles. The normalized spacial score (nSPS) is 22.7. The van der Waals surface area contributed by atoms with Crippen LogP contribution in [-0.4, -0.2) is 112 Å². The van der Waals surface area contributed by atoms with Gasteiger partial charge in [-0.25, -0.2) is 0 Å². The molecule has 0 bridgehead atoms. The van der Waals surface area contributed by atoms with Crippen molar-refractivity contribution in [1.29, 1.82) is 0 Å². The molecule has 1 fully saturated rings. The van der Waals surface area contributed by atoms with E-state index in [1.165, 1.54) is 0 Å². The zero-order valence-corrected chi connectivity index (χ0v) is 16.8. The lowest BCUT2D eigenvalue weighted by Crippen LogP contribution is -2.60. The molecule has 10 nitrogen and oxygen atoms in total. The van der Waals surface area contributed by atoms with Gasteiger partial charge in [-0.2, -0.15) is 0 Å². The van der Waals surface area contributed by atoms with Gasteiger partial charge in [0.1, 0.15) is 6.04 Å². The summed E-state index contributed by atoms with van der Waals surface area (Å²) in [6.07, 6.45) is 1.87. The molecule has 1 aliphatic rings. The molecule has 2 atom stereocenters. The van der Waals surface area contributed by atoms with E-state index >= 15 is 0 Å². The minimum atomic E-state index is -0.971. The van der Waals surface area contributed by atoms with Crippen LogP contribution in [0.15, 0.2) is 0 Å². The zero-order valence-electron chi connectivity index (χ0n) is 16.8. The van der Waals surface area contributed by atoms with Crippen LogP contribution in [0.2, 0.25) is 0 Å². The van der Waals surface area contributed by atoms with E-state index in [2.05, 4.69) is 0 Å². The molecular weight excluding hydrogens is 368 g/mol. The Morgan fingerprint density at radius 1 is 1.11 bits per heavy atom. The number of aliphatic carboxylic acids is 3. The third kappa shape index (κ3) is 7.34. The Hall–Kier alpha value is -1.75. The van der Waals surface area contributed by atoms with Crippen LogP contribution in [0.3, 0.4) is 0 Å². The van der Waals surface area contributed by atoms with Crippen molar-refractivity contribution in [3.05, 3.63) is 0 Å². The van der Waals surface area contributed by atoms with Crippen LogP contribution >= 0.6 is 0 Å². The molecule has 162 valence electrons. The SMILES string of the molecule is CCN(CC(=O)O)C1(C)CN(CC(=O)O)CCN([C@H](CCCCN)C(=O)O)C1. The van der Waals surface area contributed by atoms with Crippen molar-refractivity contribution in [3.8, 4) is 0 Å². The highest BCUT2D eigenvalue weighted by Crippen LogP contribution is 2.24. The minimum Gasteiger partial charge on any atom is -0.480 e. The lowest BCUT2D eigenvalue weighted by Gasteiger charge is -2.43. The fourth-order valence-corrected chi connectivity index (χ4v) is 3.98. The molecule has 0 amide bonds. The van der Waals surface area contributed by atoms with Crippen LogP contribution in [0.5, 0.6) is 0 Å². The number of hydrogen-bond donors (Lipinski definition) is 4. The van der Waals surface area contributed by atoms with Crippen LogP contribution in [0.1, 0.15) is 33.1 Å². The van der Waals surface area contributed by atoms with Gasteiger partial charge in [-0.1, -0.05) is 13.3 Å². The Morgan fingerprint density at radius 3 is 2.29 bits per heavy atom. The van der Waals surface area contributed by atoms with Gasteiger partial charge in [-0.3, -0.25) is 29.1 Å². The Morgan fingerprint density at radius 2 is 1.79 bits per heavy atom. The molecule has 0 aliphatic carbocycles. The summed E-state index contributed by atoms with van der Waals surface area (Å²) in [5.41, 5.74) is 4.83. The first-order chi connectivity index (χ1) is 13.1. The Kier molecular flexibility index (Phi) is 9.80. The van der Waals surface area contributed by atoms with Crippen molar-refractivity contribution in [2.45, 2.75) is 44.7 Å². The second kappa shape index (κ2) is 11.3. The van der Waals surface area contributed by atoms with Crippen molar-refractivity contribution in [3.63, 3.8) is 0 Å². The largest absolute Gasteiger partial charge is 0.480 e. The second-order valence-corrected chi connectivity index (χ2v) is 7.62. The number of nitrogens with two attached hydrogens (primary N) is 1. The Balaban J connectivity index is 3.13. The molecule has 0 aromatic rings. The fourth-order valence-electron chi connectivity index (χ4n) is 3.98. The predicted molar refractivity (Wildman–Crippen MR) is 103 cm³/mol. The van der Waals surface area contributed by atoms with Crippen LogP contribution in [0.4, 0.5) is 0 Å². The molecular formula is C18H34N4O6. The summed E-state index contributed by atoms with van der Waals surface area (Å²) in [6.45, 7) is 5.86. The van der Waals surface area contributed by atoms with E-state index in [-0.39, 0.29) is 13.1 Å². The molecule has 28 heavy (non-hydrogen) atoms. The molecule has 1 heterocycles. The standard InChI is InChI=1S/C18H34N4O6/c1-3-22(11-16(25)26)18(2)12-20(10-15(23)24)8-9-21(13-18)14(17(27)28)6-4-5-7-19/h14H,3-13,19H2,1-2H3,(H,23,24)(H,25,26)(H,27,28)/t14-,18?/m1/s1. The van der Waals surface area contributed by atoms with E-state index in [1.54, 1.807) is 9.80 Å². The molecule has 1 rings (SSSR count). The number of carboxylic acids is 3. The lowest BCUT2D eigenvalue weighted by atomic mass is 9.96. The van der Waals surface area contributed by atoms with E-state index < -0.39 is 29.5 Å². The summed E-state index contributed by atoms with van der Waals surface area (Å²) in [7, 11) is 0.